The van der Waals surface area contributed by atoms with Crippen molar-refractivity contribution in [2.45, 2.75) is 33.1 Å². The summed E-state index contributed by atoms with van der Waals surface area (Å²) in [5, 5.41) is 3.34. The zero-order valence-corrected chi connectivity index (χ0v) is 8.60. The Balaban J connectivity index is 2.41. The molecule has 0 unspecified atom stereocenters. The van der Waals surface area contributed by atoms with Gasteiger partial charge in [-0.2, -0.15) is 0 Å². The number of carbonyl (C=O) groups is 1. The van der Waals surface area contributed by atoms with E-state index in [1.54, 1.807) is 0 Å². The summed E-state index contributed by atoms with van der Waals surface area (Å²) < 4.78 is 0. The Morgan fingerprint density at radius 1 is 1.62 bits per heavy atom. The van der Waals surface area contributed by atoms with Gasteiger partial charge in [0.25, 0.3) is 0 Å². The van der Waals surface area contributed by atoms with Crippen molar-refractivity contribution in [3.05, 3.63) is 0 Å². The molecule has 0 aromatic carbocycles. The summed E-state index contributed by atoms with van der Waals surface area (Å²) >= 11 is 0. The van der Waals surface area contributed by atoms with Crippen LogP contribution in [0, 0.1) is 11.3 Å². The number of nitrogens with one attached hydrogen (secondary N) is 1. The second-order valence-corrected chi connectivity index (χ2v) is 4.66. The van der Waals surface area contributed by atoms with E-state index in [2.05, 4.69) is 5.32 Å². The van der Waals surface area contributed by atoms with E-state index < -0.39 is 0 Å². The van der Waals surface area contributed by atoms with Gasteiger partial charge in [0, 0.05) is 5.41 Å². The number of rotatable bonds is 3. The summed E-state index contributed by atoms with van der Waals surface area (Å²) in [7, 11) is 0. The third kappa shape index (κ3) is 2.99. The Morgan fingerprint density at radius 3 is 2.77 bits per heavy atom. The minimum absolute atomic E-state index is 0.182. The molecular weight excluding hydrogens is 164 g/mol. The van der Waals surface area contributed by atoms with Crippen molar-refractivity contribution in [2.24, 2.45) is 17.1 Å². The SMILES string of the molecule is CC(C)(C[C@H]1CCCNC1)C(N)=O. The Labute approximate surface area is 80.1 Å². The van der Waals surface area contributed by atoms with Gasteiger partial charge >= 0.3 is 0 Å². The molecule has 1 rings (SSSR count). The molecule has 13 heavy (non-hydrogen) atoms. The number of amides is 1. The van der Waals surface area contributed by atoms with E-state index >= 15 is 0 Å². The molecule has 0 spiro atoms. The quantitative estimate of drug-likeness (QED) is 0.684. The highest BCUT2D eigenvalue weighted by atomic mass is 16.1. The Bertz CT molecular complexity index is 183. The van der Waals surface area contributed by atoms with Crippen LogP contribution in [0.5, 0.6) is 0 Å². The van der Waals surface area contributed by atoms with Gasteiger partial charge in [0.15, 0.2) is 0 Å². The molecule has 1 aliphatic rings. The number of piperidine rings is 1. The van der Waals surface area contributed by atoms with E-state index in [4.69, 9.17) is 5.73 Å². The summed E-state index contributed by atoms with van der Waals surface area (Å²) in [6.45, 7) is 6.03. The monoisotopic (exact) mass is 184 g/mol. The molecule has 0 aliphatic carbocycles. The smallest absolute Gasteiger partial charge is 0.223 e. The van der Waals surface area contributed by atoms with E-state index in [1.165, 1.54) is 12.8 Å². The maximum atomic E-state index is 11.1. The second-order valence-electron chi connectivity index (χ2n) is 4.66. The normalized spacial score (nSPS) is 24.3. The first-order valence-corrected chi connectivity index (χ1v) is 5.03. The van der Waals surface area contributed by atoms with Gasteiger partial charge in [0.1, 0.15) is 0 Å². The lowest BCUT2D eigenvalue weighted by atomic mass is 9.79. The predicted molar refractivity (Wildman–Crippen MR) is 53.2 cm³/mol. The van der Waals surface area contributed by atoms with Crippen molar-refractivity contribution in [3.63, 3.8) is 0 Å². The molecule has 1 aliphatic heterocycles. The highest BCUT2D eigenvalue weighted by Gasteiger charge is 2.29. The van der Waals surface area contributed by atoms with Gasteiger partial charge in [-0.3, -0.25) is 4.79 Å². The number of hydrogen-bond donors (Lipinski definition) is 2. The lowest BCUT2D eigenvalue weighted by molar-refractivity contribution is -0.126. The van der Waals surface area contributed by atoms with Crippen LogP contribution in [0.3, 0.4) is 0 Å². The first kappa shape index (κ1) is 10.5. The lowest BCUT2D eigenvalue weighted by Gasteiger charge is -2.29. The Kier molecular flexibility index (Phi) is 3.31. The first-order valence-electron chi connectivity index (χ1n) is 5.03. The fourth-order valence-corrected chi connectivity index (χ4v) is 1.92. The van der Waals surface area contributed by atoms with Crippen molar-refractivity contribution in [1.82, 2.24) is 5.32 Å². The van der Waals surface area contributed by atoms with Crippen molar-refractivity contribution >= 4 is 5.91 Å². The summed E-state index contributed by atoms with van der Waals surface area (Å²) in [4.78, 5) is 11.1. The van der Waals surface area contributed by atoms with Gasteiger partial charge in [0.2, 0.25) is 5.91 Å². The van der Waals surface area contributed by atoms with Crippen LogP contribution in [-0.2, 0) is 4.79 Å². The van der Waals surface area contributed by atoms with E-state index in [-0.39, 0.29) is 11.3 Å². The van der Waals surface area contributed by atoms with Crippen molar-refractivity contribution in [2.75, 3.05) is 13.1 Å². The lowest BCUT2D eigenvalue weighted by Crippen LogP contribution is -2.38. The van der Waals surface area contributed by atoms with Crippen LogP contribution in [0.25, 0.3) is 0 Å². The average Bonchev–Trinajstić information content (AvgIpc) is 2.05. The molecule has 0 aromatic heterocycles. The third-order valence-electron chi connectivity index (χ3n) is 2.86. The Morgan fingerprint density at radius 2 is 2.31 bits per heavy atom. The molecule has 3 heteroatoms. The van der Waals surface area contributed by atoms with Gasteiger partial charge in [0.05, 0.1) is 0 Å². The second kappa shape index (κ2) is 4.09. The molecular formula is C10H20N2O. The molecule has 0 saturated carbocycles. The number of primary amides is 1. The largest absolute Gasteiger partial charge is 0.369 e. The maximum absolute atomic E-state index is 11.1. The van der Waals surface area contributed by atoms with Crippen LogP contribution < -0.4 is 11.1 Å². The average molecular weight is 184 g/mol. The van der Waals surface area contributed by atoms with Crippen LogP contribution in [-0.4, -0.2) is 19.0 Å². The number of carbonyl (C=O) groups excluding carboxylic acids is 1. The zero-order chi connectivity index (χ0) is 9.90. The minimum Gasteiger partial charge on any atom is -0.369 e. The van der Waals surface area contributed by atoms with Crippen LogP contribution >= 0.6 is 0 Å². The van der Waals surface area contributed by atoms with E-state index in [1.807, 2.05) is 13.8 Å². The molecule has 3 nitrogen and oxygen atoms in total. The Hall–Kier alpha value is -0.570. The van der Waals surface area contributed by atoms with Gasteiger partial charge in [-0.1, -0.05) is 13.8 Å². The van der Waals surface area contributed by atoms with Crippen molar-refractivity contribution in [3.8, 4) is 0 Å². The molecule has 0 bridgehead atoms. The van der Waals surface area contributed by atoms with Crippen LogP contribution in [0.1, 0.15) is 33.1 Å². The van der Waals surface area contributed by atoms with E-state index in [0.29, 0.717) is 5.92 Å². The molecule has 0 radical (unpaired) electrons. The van der Waals surface area contributed by atoms with Crippen LogP contribution in [0.4, 0.5) is 0 Å². The molecule has 1 fully saturated rings. The molecule has 1 saturated heterocycles. The third-order valence-corrected chi connectivity index (χ3v) is 2.86. The summed E-state index contributed by atoms with van der Waals surface area (Å²) in [5.41, 5.74) is 4.98. The van der Waals surface area contributed by atoms with Gasteiger partial charge in [-0.15, -0.1) is 0 Å². The van der Waals surface area contributed by atoms with Crippen molar-refractivity contribution in [1.29, 1.82) is 0 Å². The zero-order valence-electron chi connectivity index (χ0n) is 8.60. The summed E-state index contributed by atoms with van der Waals surface area (Å²) in [6.07, 6.45) is 3.36. The number of nitrogens with two attached hydrogens (primary N) is 1. The maximum Gasteiger partial charge on any atom is 0.223 e. The van der Waals surface area contributed by atoms with E-state index in [0.717, 1.165) is 19.5 Å². The standard InChI is InChI=1S/C10H20N2O/c1-10(2,9(11)13)6-8-4-3-5-12-7-8/h8,12H,3-7H2,1-2H3,(H2,11,13)/t8-/m1/s1. The summed E-state index contributed by atoms with van der Waals surface area (Å²) in [6, 6.07) is 0. The first-order chi connectivity index (χ1) is 6.02. The molecule has 3 N–H and O–H groups in total. The minimum atomic E-state index is -0.344. The van der Waals surface area contributed by atoms with Gasteiger partial charge in [-0.05, 0) is 38.3 Å². The molecule has 1 amide bonds. The topological polar surface area (TPSA) is 55.1 Å². The molecule has 0 aromatic rings. The highest BCUT2D eigenvalue weighted by molar-refractivity contribution is 5.79. The summed E-state index contributed by atoms with van der Waals surface area (Å²) in [5.74, 6) is 0.439. The van der Waals surface area contributed by atoms with E-state index in [9.17, 15) is 4.79 Å². The number of hydrogen-bond acceptors (Lipinski definition) is 2. The molecule has 1 heterocycles. The fourth-order valence-electron chi connectivity index (χ4n) is 1.92. The molecule has 1 atom stereocenters. The van der Waals surface area contributed by atoms with Gasteiger partial charge in [-0.25, -0.2) is 0 Å². The van der Waals surface area contributed by atoms with Crippen LogP contribution in [0.15, 0.2) is 0 Å². The fraction of sp³-hybridized carbons (Fsp3) is 0.900. The highest BCUT2D eigenvalue weighted by Crippen LogP contribution is 2.28. The van der Waals surface area contributed by atoms with Crippen molar-refractivity contribution < 1.29 is 4.79 Å². The van der Waals surface area contributed by atoms with Gasteiger partial charge < -0.3 is 11.1 Å². The van der Waals surface area contributed by atoms with Crippen LogP contribution in [0.2, 0.25) is 0 Å². The molecule has 76 valence electrons. The predicted octanol–water partition coefficient (Wildman–Crippen LogP) is 0.888.